The topological polar surface area (TPSA) is 49.3 Å². The minimum atomic E-state index is -0.656. The molecule has 0 aromatic carbocycles. The molecule has 1 saturated carbocycles. The van der Waals surface area contributed by atoms with E-state index in [1.807, 2.05) is 20.9 Å². The van der Waals surface area contributed by atoms with Crippen molar-refractivity contribution in [2.24, 2.45) is 17.8 Å². The van der Waals surface area contributed by atoms with Crippen molar-refractivity contribution in [3.05, 3.63) is 0 Å². The van der Waals surface area contributed by atoms with Crippen LogP contribution < -0.4 is 5.32 Å². The molecule has 1 fully saturated rings. The Balaban J connectivity index is 2.72. The second kappa shape index (κ2) is 5.50. The molecule has 0 amide bonds. The number of aliphatic carboxylic acids is 1. The van der Waals surface area contributed by atoms with Gasteiger partial charge in [0.15, 0.2) is 0 Å². The molecule has 0 saturated heterocycles. The first kappa shape index (κ1) is 12.5. The SMILES string of the molecule is CNC(C1CCCC1)C(C(=O)O)C(C)C. The van der Waals surface area contributed by atoms with E-state index < -0.39 is 5.97 Å². The van der Waals surface area contributed by atoms with E-state index >= 15 is 0 Å². The van der Waals surface area contributed by atoms with E-state index in [4.69, 9.17) is 0 Å². The fraction of sp³-hybridized carbons (Fsp3) is 0.917. The van der Waals surface area contributed by atoms with Crippen molar-refractivity contribution in [1.82, 2.24) is 5.32 Å². The Morgan fingerprint density at radius 1 is 1.33 bits per heavy atom. The number of rotatable bonds is 5. The van der Waals surface area contributed by atoms with E-state index in [1.165, 1.54) is 25.7 Å². The molecular weight excluding hydrogens is 190 g/mol. The lowest BCUT2D eigenvalue weighted by atomic mass is 9.80. The van der Waals surface area contributed by atoms with Crippen LogP contribution in [0.5, 0.6) is 0 Å². The second-order valence-electron chi connectivity index (χ2n) is 4.97. The van der Waals surface area contributed by atoms with Gasteiger partial charge < -0.3 is 10.4 Å². The maximum atomic E-state index is 11.3. The van der Waals surface area contributed by atoms with E-state index in [-0.39, 0.29) is 17.9 Å². The first-order valence-corrected chi connectivity index (χ1v) is 5.98. The number of carboxylic acid groups (broad SMARTS) is 1. The summed E-state index contributed by atoms with van der Waals surface area (Å²) in [7, 11) is 1.89. The van der Waals surface area contributed by atoms with Crippen LogP contribution >= 0.6 is 0 Å². The molecule has 0 spiro atoms. The first-order chi connectivity index (χ1) is 7.07. The molecule has 0 radical (unpaired) electrons. The van der Waals surface area contributed by atoms with Gasteiger partial charge in [-0.3, -0.25) is 4.79 Å². The average molecular weight is 213 g/mol. The highest BCUT2D eigenvalue weighted by molar-refractivity contribution is 5.71. The van der Waals surface area contributed by atoms with Crippen molar-refractivity contribution >= 4 is 5.97 Å². The molecule has 2 atom stereocenters. The number of carbonyl (C=O) groups is 1. The molecule has 15 heavy (non-hydrogen) atoms. The maximum absolute atomic E-state index is 11.3. The normalized spacial score (nSPS) is 21.9. The predicted molar refractivity (Wildman–Crippen MR) is 60.8 cm³/mol. The van der Waals surface area contributed by atoms with Gasteiger partial charge in [0, 0.05) is 6.04 Å². The minimum Gasteiger partial charge on any atom is -0.481 e. The second-order valence-corrected chi connectivity index (χ2v) is 4.97. The van der Waals surface area contributed by atoms with Crippen molar-refractivity contribution in [1.29, 1.82) is 0 Å². The highest BCUT2D eigenvalue weighted by Crippen LogP contribution is 2.33. The summed E-state index contributed by atoms with van der Waals surface area (Å²) in [5, 5.41) is 12.5. The molecule has 2 unspecified atom stereocenters. The van der Waals surface area contributed by atoms with Gasteiger partial charge >= 0.3 is 5.97 Å². The summed E-state index contributed by atoms with van der Waals surface area (Å²) < 4.78 is 0. The molecule has 3 nitrogen and oxygen atoms in total. The monoisotopic (exact) mass is 213 g/mol. The fourth-order valence-corrected chi connectivity index (χ4v) is 2.88. The van der Waals surface area contributed by atoms with Gasteiger partial charge in [0.25, 0.3) is 0 Å². The first-order valence-electron chi connectivity index (χ1n) is 5.98. The Morgan fingerprint density at radius 3 is 2.20 bits per heavy atom. The van der Waals surface area contributed by atoms with Crippen molar-refractivity contribution in [3.63, 3.8) is 0 Å². The zero-order valence-corrected chi connectivity index (χ0v) is 9.99. The molecule has 1 aliphatic rings. The highest BCUT2D eigenvalue weighted by Gasteiger charge is 2.36. The summed E-state index contributed by atoms with van der Waals surface area (Å²) in [5.74, 6) is -0.159. The van der Waals surface area contributed by atoms with Crippen LogP contribution in [-0.4, -0.2) is 24.2 Å². The van der Waals surface area contributed by atoms with E-state index in [9.17, 15) is 9.90 Å². The molecule has 0 bridgehead atoms. The zero-order chi connectivity index (χ0) is 11.4. The number of carboxylic acids is 1. The van der Waals surface area contributed by atoms with Crippen LogP contribution in [0.2, 0.25) is 0 Å². The van der Waals surface area contributed by atoms with Crippen molar-refractivity contribution in [2.75, 3.05) is 7.05 Å². The fourth-order valence-electron chi connectivity index (χ4n) is 2.88. The summed E-state index contributed by atoms with van der Waals surface area (Å²) in [6, 6.07) is 0.144. The van der Waals surface area contributed by atoms with Gasteiger partial charge in [-0.15, -0.1) is 0 Å². The average Bonchev–Trinajstić information content (AvgIpc) is 2.64. The third-order valence-corrected chi connectivity index (χ3v) is 3.63. The van der Waals surface area contributed by atoms with Crippen LogP contribution in [0.3, 0.4) is 0 Å². The lowest BCUT2D eigenvalue weighted by molar-refractivity contribution is -0.145. The van der Waals surface area contributed by atoms with Gasteiger partial charge in [-0.05, 0) is 31.7 Å². The Hall–Kier alpha value is -0.570. The third kappa shape index (κ3) is 2.94. The van der Waals surface area contributed by atoms with Crippen molar-refractivity contribution < 1.29 is 9.90 Å². The Kier molecular flexibility index (Phi) is 4.58. The van der Waals surface area contributed by atoms with Gasteiger partial charge in [-0.2, -0.15) is 0 Å². The molecule has 0 aliphatic heterocycles. The molecule has 3 heteroatoms. The van der Waals surface area contributed by atoms with Gasteiger partial charge in [0.2, 0.25) is 0 Å². The van der Waals surface area contributed by atoms with Crippen LogP contribution in [-0.2, 0) is 4.79 Å². The maximum Gasteiger partial charge on any atom is 0.308 e. The van der Waals surface area contributed by atoms with Gasteiger partial charge in [0.05, 0.1) is 5.92 Å². The molecule has 2 N–H and O–H groups in total. The lowest BCUT2D eigenvalue weighted by Crippen LogP contribution is -2.45. The molecule has 0 heterocycles. The summed E-state index contributed by atoms with van der Waals surface area (Å²) in [5.41, 5.74) is 0. The zero-order valence-electron chi connectivity index (χ0n) is 9.99. The minimum absolute atomic E-state index is 0.144. The smallest absolute Gasteiger partial charge is 0.308 e. The Bertz CT molecular complexity index is 210. The predicted octanol–water partition coefficient (Wildman–Crippen LogP) is 2.12. The van der Waals surface area contributed by atoms with Crippen LogP contribution in [0, 0.1) is 17.8 Å². The highest BCUT2D eigenvalue weighted by atomic mass is 16.4. The molecule has 88 valence electrons. The molecule has 0 aromatic heterocycles. The molecule has 1 aliphatic carbocycles. The molecular formula is C12H23NO2. The largest absolute Gasteiger partial charge is 0.481 e. The van der Waals surface area contributed by atoms with Crippen LogP contribution in [0.15, 0.2) is 0 Å². The summed E-state index contributed by atoms with van der Waals surface area (Å²) in [6.07, 6.45) is 4.88. The van der Waals surface area contributed by atoms with E-state index in [1.54, 1.807) is 0 Å². The lowest BCUT2D eigenvalue weighted by Gasteiger charge is -2.31. The number of nitrogens with one attached hydrogen (secondary N) is 1. The van der Waals surface area contributed by atoms with Crippen LogP contribution in [0.1, 0.15) is 39.5 Å². The Labute approximate surface area is 92.3 Å². The summed E-state index contributed by atoms with van der Waals surface area (Å²) in [6.45, 7) is 4.00. The van der Waals surface area contributed by atoms with Crippen LogP contribution in [0.4, 0.5) is 0 Å². The number of hydrogen-bond acceptors (Lipinski definition) is 2. The third-order valence-electron chi connectivity index (χ3n) is 3.63. The van der Waals surface area contributed by atoms with Crippen molar-refractivity contribution in [3.8, 4) is 0 Å². The van der Waals surface area contributed by atoms with Gasteiger partial charge in [-0.25, -0.2) is 0 Å². The molecule has 1 rings (SSSR count). The van der Waals surface area contributed by atoms with Crippen molar-refractivity contribution in [2.45, 2.75) is 45.6 Å². The van der Waals surface area contributed by atoms with Crippen LogP contribution in [0.25, 0.3) is 0 Å². The number of hydrogen-bond donors (Lipinski definition) is 2. The summed E-state index contributed by atoms with van der Waals surface area (Å²) >= 11 is 0. The van der Waals surface area contributed by atoms with E-state index in [0.717, 1.165) is 0 Å². The van der Waals surface area contributed by atoms with Gasteiger partial charge in [0.1, 0.15) is 0 Å². The Morgan fingerprint density at radius 2 is 1.87 bits per heavy atom. The summed E-state index contributed by atoms with van der Waals surface area (Å²) in [4.78, 5) is 11.3. The van der Waals surface area contributed by atoms with Gasteiger partial charge in [-0.1, -0.05) is 26.7 Å². The quantitative estimate of drug-likeness (QED) is 0.735. The van der Waals surface area contributed by atoms with E-state index in [2.05, 4.69) is 5.32 Å². The standard InChI is InChI=1S/C12H23NO2/c1-8(2)10(12(14)15)11(13-3)9-6-4-5-7-9/h8-11,13H,4-7H2,1-3H3,(H,14,15). The van der Waals surface area contributed by atoms with E-state index in [0.29, 0.717) is 5.92 Å². The molecule has 0 aromatic rings.